The Hall–Kier alpha value is -3.63. The van der Waals surface area contributed by atoms with Crippen LogP contribution < -0.4 is 15.8 Å². The number of phenolic OH excluding ortho intramolecular Hbond substituents is 1. The van der Waals surface area contributed by atoms with Gasteiger partial charge in [-0.25, -0.2) is 9.97 Å². The van der Waals surface area contributed by atoms with Crippen molar-refractivity contribution in [3.8, 4) is 5.75 Å². The number of aromatic hydroxyl groups is 1. The molecule has 3 N–H and O–H groups in total. The molecule has 0 aliphatic heterocycles. The van der Waals surface area contributed by atoms with Crippen LogP contribution in [0.5, 0.6) is 5.75 Å². The van der Waals surface area contributed by atoms with E-state index in [9.17, 15) is 14.7 Å². The average Bonchev–Trinajstić information content (AvgIpc) is 3.27. The predicted octanol–water partition coefficient (Wildman–Crippen LogP) is 5.15. The molecule has 182 valence electrons. The number of para-hydroxylation sites is 1. The Morgan fingerprint density at radius 1 is 1.20 bits per heavy atom. The summed E-state index contributed by atoms with van der Waals surface area (Å²) in [6.07, 6.45) is 4.26. The van der Waals surface area contributed by atoms with E-state index in [-0.39, 0.29) is 5.56 Å². The molecule has 0 radical (unpaired) electrons. The van der Waals surface area contributed by atoms with Gasteiger partial charge in [0.25, 0.3) is 5.56 Å². The second-order valence-corrected chi connectivity index (χ2v) is 9.62. The molecule has 2 aromatic heterocycles. The molecule has 0 fully saturated rings. The Morgan fingerprint density at radius 3 is 2.54 bits per heavy atom. The lowest BCUT2D eigenvalue weighted by atomic mass is 10.1. The van der Waals surface area contributed by atoms with Crippen molar-refractivity contribution in [1.29, 1.82) is 0 Å². The number of carbonyl (C=O) groups is 1. The lowest BCUT2D eigenvalue weighted by molar-refractivity contribution is 0.112. The molecule has 0 aliphatic rings. The van der Waals surface area contributed by atoms with Gasteiger partial charge in [0.2, 0.25) is 0 Å². The number of phenols is 1. The van der Waals surface area contributed by atoms with Crippen LogP contribution in [0.1, 0.15) is 26.6 Å². The van der Waals surface area contributed by atoms with Crippen LogP contribution in [0.3, 0.4) is 0 Å². The maximum absolute atomic E-state index is 11.2. The molecular formula is C25H27N5O3S2. The highest BCUT2D eigenvalue weighted by Gasteiger charge is 2.10. The van der Waals surface area contributed by atoms with E-state index in [1.54, 1.807) is 24.8 Å². The number of nitrogens with zero attached hydrogens (tertiary/aromatic N) is 3. The molecule has 0 saturated carbocycles. The molecule has 0 saturated heterocycles. The second-order valence-electron chi connectivity index (χ2n) is 7.67. The molecule has 0 aliphatic carbocycles. The minimum atomic E-state index is -0.234. The van der Waals surface area contributed by atoms with Crippen LogP contribution in [0, 0.1) is 13.8 Å². The summed E-state index contributed by atoms with van der Waals surface area (Å²) in [6.45, 7) is 4.49. The van der Waals surface area contributed by atoms with E-state index in [1.165, 1.54) is 34.1 Å². The average molecular weight is 510 g/mol. The number of rotatable bonds is 7. The molecule has 2 aromatic carbocycles. The van der Waals surface area contributed by atoms with Gasteiger partial charge in [-0.3, -0.25) is 9.59 Å². The largest absolute Gasteiger partial charge is 0.506 e. The number of thiazole rings is 1. The summed E-state index contributed by atoms with van der Waals surface area (Å²) in [6, 6.07) is 15.5. The topological polar surface area (TPSA) is 111 Å². The van der Waals surface area contributed by atoms with Crippen LogP contribution in [0.4, 0.5) is 16.6 Å². The van der Waals surface area contributed by atoms with E-state index < -0.39 is 0 Å². The second kappa shape index (κ2) is 12.2. The molecule has 0 bridgehead atoms. The van der Waals surface area contributed by atoms with Gasteiger partial charge in [0.15, 0.2) is 11.4 Å². The highest BCUT2D eigenvalue weighted by molar-refractivity contribution is 7.98. The Morgan fingerprint density at radius 2 is 1.94 bits per heavy atom. The molecule has 0 amide bonds. The van der Waals surface area contributed by atoms with Gasteiger partial charge in [-0.1, -0.05) is 35.6 Å². The van der Waals surface area contributed by atoms with Crippen molar-refractivity contribution in [2.24, 2.45) is 0 Å². The molecule has 0 unspecified atom stereocenters. The molecular weight excluding hydrogens is 482 g/mol. The number of aromatic nitrogens is 3. The number of nitrogens with one attached hydrogen (secondary N) is 2. The van der Waals surface area contributed by atoms with Crippen molar-refractivity contribution in [2.45, 2.75) is 25.3 Å². The quantitative estimate of drug-likeness (QED) is 0.232. The summed E-state index contributed by atoms with van der Waals surface area (Å²) in [5, 5.41) is 13.4. The van der Waals surface area contributed by atoms with Crippen molar-refractivity contribution >= 4 is 46.0 Å². The van der Waals surface area contributed by atoms with Gasteiger partial charge in [-0.15, -0.1) is 11.8 Å². The number of aldehydes is 1. The summed E-state index contributed by atoms with van der Waals surface area (Å²) in [5.41, 5.74) is 2.99. The first-order valence-electron chi connectivity index (χ1n) is 10.7. The number of carbonyl (C=O) groups excluding carboxylic acids is 1. The summed E-state index contributed by atoms with van der Waals surface area (Å²) in [5.74, 6) is 1.26. The molecule has 8 nitrogen and oxygen atoms in total. The summed E-state index contributed by atoms with van der Waals surface area (Å²) in [7, 11) is 2.00. The van der Waals surface area contributed by atoms with Gasteiger partial charge in [0, 0.05) is 24.6 Å². The Balaban J connectivity index is 0.000000198. The SMILES string of the molecule is CSc1ccc(CN(C)c2c(C)cccc2O)cc1.Cc1nc(Nc2ncc(C=O)s2)cc(=O)[nH]1. The fraction of sp³-hybridized carbons (Fsp3) is 0.200. The molecule has 4 rings (SSSR count). The van der Waals surface area contributed by atoms with Crippen molar-refractivity contribution < 1.29 is 9.90 Å². The first-order chi connectivity index (χ1) is 16.8. The highest BCUT2D eigenvalue weighted by Crippen LogP contribution is 2.31. The fourth-order valence-electron chi connectivity index (χ4n) is 3.38. The number of aryl methyl sites for hydroxylation is 2. The van der Waals surface area contributed by atoms with Crippen molar-refractivity contribution in [3.05, 3.63) is 86.9 Å². The monoisotopic (exact) mass is 509 g/mol. The number of anilines is 3. The van der Waals surface area contributed by atoms with Gasteiger partial charge >= 0.3 is 0 Å². The van der Waals surface area contributed by atoms with Gasteiger partial charge in [-0.2, -0.15) is 0 Å². The number of H-pyrrole nitrogens is 1. The first kappa shape index (κ1) is 26.0. The molecule has 10 heteroatoms. The number of hydrogen-bond acceptors (Lipinski definition) is 9. The van der Waals surface area contributed by atoms with E-state index in [4.69, 9.17) is 0 Å². The molecule has 2 heterocycles. The molecule has 0 atom stereocenters. The van der Waals surface area contributed by atoms with E-state index >= 15 is 0 Å². The Kier molecular flexibility index (Phi) is 9.04. The van der Waals surface area contributed by atoms with Gasteiger partial charge in [-0.05, 0) is 49.4 Å². The third-order valence-corrected chi connectivity index (χ3v) is 6.49. The van der Waals surface area contributed by atoms with E-state index in [0.29, 0.717) is 27.4 Å². The third-order valence-electron chi connectivity index (χ3n) is 4.91. The summed E-state index contributed by atoms with van der Waals surface area (Å²) in [4.78, 5) is 36.0. The van der Waals surface area contributed by atoms with Crippen LogP contribution in [-0.2, 0) is 6.54 Å². The standard InChI is InChI=1S/C16H19NOS.C9H8N4O2S/c1-12-5-4-6-15(18)16(12)17(2)11-13-7-9-14(19-3)10-8-13;1-5-11-7(2-8(15)12-5)13-9-10-3-6(4-14)16-9/h4-10,18H,11H2,1-3H3;2-4H,1H3,(H2,10,11,12,13,15). The Bertz CT molecular complexity index is 1320. The van der Waals surface area contributed by atoms with Gasteiger partial charge in [0.05, 0.1) is 16.8 Å². The minimum absolute atomic E-state index is 0.234. The lowest BCUT2D eigenvalue weighted by Gasteiger charge is -2.22. The normalized spacial score (nSPS) is 10.3. The lowest BCUT2D eigenvalue weighted by Crippen LogP contribution is -2.17. The van der Waals surface area contributed by atoms with Crippen LogP contribution in [0.2, 0.25) is 0 Å². The first-order valence-corrected chi connectivity index (χ1v) is 12.7. The minimum Gasteiger partial charge on any atom is -0.506 e. The van der Waals surface area contributed by atoms with E-state index in [0.717, 1.165) is 24.1 Å². The summed E-state index contributed by atoms with van der Waals surface area (Å²) >= 11 is 2.94. The number of benzene rings is 2. The van der Waals surface area contributed by atoms with E-state index in [1.807, 2.05) is 26.1 Å². The Labute approximate surface area is 212 Å². The predicted molar refractivity (Wildman–Crippen MR) is 144 cm³/mol. The molecule has 0 spiro atoms. The van der Waals surface area contributed by atoms with Crippen LogP contribution in [0.15, 0.2) is 64.4 Å². The van der Waals surface area contributed by atoms with Gasteiger partial charge in [0.1, 0.15) is 17.4 Å². The number of aromatic amines is 1. The number of thioether (sulfide) groups is 1. The van der Waals surface area contributed by atoms with Crippen LogP contribution in [-0.4, -0.2) is 39.6 Å². The smallest absolute Gasteiger partial charge is 0.252 e. The maximum Gasteiger partial charge on any atom is 0.252 e. The zero-order valence-electron chi connectivity index (χ0n) is 19.9. The van der Waals surface area contributed by atoms with E-state index in [2.05, 4.69) is 55.7 Å². The fourth-order valence-corrected chi connectivity index (χ4v) is 4.42. The van der Waals surface area contributed by atoms with Crippen LogP contribution in [0.25, 0.3) is 0 Å². The van der Waals surface area contributed by atoms with Gasteiger partial charge < -0.3 is 20.3 Å². The van der Waals surface area contributed by atoms with Crippen LogP contribution >= 0.6 is 23.1 Å². The number of hydrogen-bond donors (Lipinski definition) is 3. The summed E-state index contributed by atoms with van der Waals surface area (Å²) < 4.78 is 0. The van der Waals surface area contributed by atoms with Crippen molar-refractivity contribution in [1.82, 2.24) is 15.0 Å². The maximum atomic E-state index is 11.2. The molecule has 4 aromatic rings. The van der Waals surface area contributed by atoms with Crippen molar-refractivity contribution in [2.75, 3.05) is 23.5 Å². The highest BCUT2D eigenvalue weighted by atomic mass is 32.2. The molecule has 35 heavy (non-hydrogen) atoms. The zero-order valence-corrected chi connectivity index (χ0v) is 21.5. The third kappa shape index (κ3) is 7.43. The van der Waals surface area contributed by atoms with Crippen molar-refractivity contribution in [3.63, 3.8) is 0 Å². The zero-order chi connectivity index (χ0) is 25.4.